The number of benzene rings is 1. The molecule has 0 saturated carbocycles. The number of guanidine groups is 1. The number of carbonyl (C=O) groups excluding carboxylic acids is 1. The topological polar surface area (TPSA) is 111 Å². The maximum atomic E-state index is 13.5. The number of aliphatic imine (C=N–C) groups is 1. The lowest BCUT2D eigenvalue weighted by Crippen LogP contribution is -2.47. The van der Waals surface area contributed by atoms with Crippen LogP contribution < -0.4 is 11.2 Å². The summed E-state index contributed by atoms with van der Waals surface area (Å²) in [5.74, 6) is 4.72. The van der Waals surface area contributed by atoms with Crippen LogP contribution in [0.15, 0.2) is 40.5 Å². The van der Waals surface area contributed by atoms with Crippen molar-refractivity contribution in [1.82, 2.24) is 9.91 Å². The molecule has 1 saturated heterocycles. The summed E-state index contributed by atoms with van der Waals surface area (Å²) >= 11 is 0. The van der Waals surface area contributed by atoms with E-state index in [-0.39, 0.29) is 29.5 Å². The molecule has 3 rings (SSSR count). The van der Waals surface area contributed by atoms with Gasteiger partial charge in [0.25, 0.3) is 0 Å². The largest absolute Gasteiger partial charge is 0.478 e. The molecular formula is C19H22F3N5O3. The third-order valence-electron chi connectivity index (χ3n) is 4.93. The molecule has 8 nitrogen and oxygen atoms in total. The predicted molar refractivity (Wildman–Crippen MR) is 103 cm³/mol. The van der Waals surface area contributed by atoms with Gasteiger partial charge in [0.05, 0.1) is 23.4 Å². The summed E-state index contributed by atoms with van der Waals surface area (Å²) in [6, 6.07) is 5.67. The number of carbonyl (C=O) groups is 2. The van der Waals surface area contributed by atoms with Crippen molar-refractivity contribution in [2.24, 2.45) is 10.8 Å². The van der Waals surface area contributed by atoms with Crippen molar-refractivity contribution < 1.29 is 27.9 Å². The first kappa shape index (κ1) is 21.6. The van der Waals surface area contributed by atoms with E-state index in [0.717, 1.165) is 11.4 Å². The molecule has 1 fully saturated rings. The molecule has 0 aromatic heterocycles. The molecule has 2 heterocycles. The minimum absolute atomic E-state index is 0.0208. The first-order valence-corrected chi connectivity index (χ1v) is 9.43. The van der Waals surface area contributed by atoms with Crippen molar-refractivity contribution in [2.45, 2.75) is 31.9 Å². The smallest absolute Gasteiger partial charge is 0.416 e. The van der Waals surface area contributed by atoms with Crippen LogP contribution in [0, 0.1) is 0 Å². The van der Waals surface area contributed by atoms with E-state index in [2.05, 4.69) is 10.3 Å². The molecule has 0 aliphatic carbocycles. The van der Waals surface area contributed by atoms with Gasteiger partial charge in [-0.15, -0.1) is 0 Å². The first-order chi connectivity index (χ1) is 14.1. The second-order valence-corrected chi connectivity index (χ2v) is 7.08. The Morgan fingerprint density at radius 2 is 1.97 bits per heavy atom. The number of halogens is 3. The van der Waals surface area contributed by atoms with Crippen LogP contribution in [-0.4, -0.2) is 58.7 Å². The predicted octanol–water partition coefficient (Wildman–Crippen LogP) is 2.56. The Bertz CT molecular complexity index is 880. The van der Waals surface area contributed by atoms with Crippen LogP contribution in [0.1, 0.15) is 36.0 Å². The van der Waals surface area contributed by atoms with E-state index < -0.39 is 24.3 Å². The zero-order chi connectivity index (χ0) is 21.9. The summed E-state index contributed by atoms with van der Waals surface area (Å²) in [7, 11) is 0. The lowest BCUT2D eigenvalue weighted by atomic mass is 10.1. The fourth-order valence-electron chi connectivity index (χ4n) is 3.36. The summed E-state index contributed by atoms with van der Waals surface area (Å²) in [6.45, 7) is 0.443. The van der Waals surface area contributed by atoms with Crippen LogP contribution in [0.2, 0.25) is 0 Å². The Labute approximate surface area is 170 Å². The lowest BCUT2D eigenvalue weighted by Gasteiger charge is -2.29. The van der Waals surface area contributed by atoms with Gasteiger partial charge in [-0.1, -0.05) is 0 Å². The van der Waals surface area contributed by atoms with E-state index >= 15 is 0 Å². The van der Waals surface area contributed by atoms with Crippen LogP contribution in [0.25, 0.3) is 0 Å². The fourth-order valence-corrected chi connectivity index (χ4v) is 3.36. The van der Waals surface area contributed by atoms with Crippen LogP contribution in [-0.2, 0) is 4.79 Å². The highest BCUT2D eigenvalue weighted by Crippen LogP contribution is 2.33. The summed E-state index contributed by atoms with van der Waals surface area (Å²) in [6.07, 6.45) is -2.92. The van der Waals surface area contributed by atoms with Crippen molar-refractivity contribution >= 4 is 23.5 Å². The zero-order valence-corrected chi connectivity index (χ0v) is 16.1. The van der Waals surface area contributed by atoms with Gasteiger partial charge in [0, 0.05) is 25.2 Å². The molecule has 11 heteroatoms. The number of nitrogens with one attached hydrogen (secondary N) is 1. The molecule has 0 radical (unpaired) electrons. The number of nitrogens with zero attached hydrogens (tertiary/aromatic N) is 3. The van der Waals surface area contributed by atoms with Crippen molar-refractivity contribution in [1.29, 1.82) is 0 Å². The normalized spacial score (nSPS) is 17.5. The molecule has 30 heavy (non-hydrogen) atoms. The van der Waals surface area contributed by atoms with Crippen molar-refractivity contribution in [3.8, 4) is 0 Å². The summed E-state index contributed by atoms with van der Waals surface area (Å²) in [5.41, 5.74) is -0.427. The number of nitrogens with two attached hydrogens (primary N) is 1. The van der Waals surface area contributed by atoms with Crippen LogP contribution >= 0.6 is 0 Å². The molecule has 1 amide bonds. The summed E-state index contributed by atoms with van der Waals surface area (Å²) < 4.78 is 40.4. The van der Waals surface area contributed by atoms with Crippen LogP contribution in [0.4, 0.5) is 18.9 Å². The number of likely N-dealkylation sites (tertiary alicyclic amines) is 1. The average molecular weight is 425 g/mol. The highest BCUT2D eigenvalue weighted by Gasteiger charge is 2.39. The minimum Gasteiger partial charge on any atom is -0.478 e. The molecule has 1 aromatic rings. The molecule has 0 spiro atoms. The Hall–Kier alpha value is -3.08. The molecule has 0 unspecified atom stereocenters. The molecule has 0 bridgehead atoms. The minimum atomic E-state index is -4.57. The van der Waals surface area contributed by atoms with Gasteiger partial charge in [0.2, 0.25) is 11.9 Å². The SMILES string of the molecule is NN1CC(C(F)(F)F)=C(CCCN2CCCC2=O)N=C1Nc1ccc(C(=O)O)cc1. The molecule has 2 aliphatic rings. The molecular weight excluding hydrogens is 403 g/mol. The zero-order valence-electron chi connectivity index (χ0n) is 16.1. The first-order valence-electron chi connectivity index (χ1n) is 9.43. The van der Waals surface area contributed by atoms with Crippen LogP contribution in [0.3, 0.4) is 0 Å². The van der Waals surface area contributed by atoms with E-state index in [1.54, 1.807) is 4.90 Å². The number of alkyl halides is 3. The number of aromatic carboxylic acids is 1. The third-order valence-corrected chi connectivity index (χ3v) is 4.93. The van der Waals surface area contributed by atoms with Gasteiger partial charge in [0.1, 0.15) is 0 Å². The van der Waals surface area contributed by atoms with E-state index in [9.17, 15) is 22.8 Å². The van der Waals surface area contributed by atoms with Gasteiger partial charge in [-0.05, 0) is 43.5 Å². The number of hydrogen-bond donors (Lipinski definition) is 3. The van der Waals surface area contributed by atoms with Gasteiger partial charge >= 0.3 is 12.1 Å². The standard InChI is InChI=1S/C19H22F3N5O3/c20-19(21,22)14-11-27(23)18(24-13-7-5-12(6-8-13)17(29)30)25-15(14)3-1-9-26-10-2-4-16(26)28/h5-8H,1-4,9-11,23H2,(H,24,25)(H,29,30). The number of carboxylic acid groups (broad SMARTS) is 1. The van der Waals surface area contributed by atoms with E-state index in [4.69, 9.17) is 10.9 Å². The molecule has 162 valence electrons. The maximum absolute atomic E-state index is 13.5. The van der Waals surface area contributed by atoms with E-state index in [0.29, 0.717) is 31.6 Å². The number of anilines is 1. The monoisotopic (exact) mass is 425 g/mol. The van der Waals surface area contributed by atoms with Crippen molar-refractivity contribution in [2.75, 3.05) is 25.0 Å². The number of rotatable bonds is 6. The van der Waals surface area contributed by atoms with Gasteiger partial charge in [-0.25, -0.2) is 15.6 Å². The Kier molecular flexibility index (Phi) is 6.30. The van der Waals surface area contributed by atoms with Crippen LogP contribution in [0.5, 0.6) is 0 Å². The fraction of sp³-hybridized carbons (Fsp3) is 0.421. The second kappa shape index (κ2) is 8.74. The Morgan fingerprint density at radius 3 is 2.53 bits per heavy atom. The van der Waals surface area contributed by atoms with E-state index in [1.807, 2.05) is 0 Å². The number of amides is 1. The van der Waals surface area contributed by atoms with Crippen molar-refractivity contribution in [3.63, 3.8) is 0 Å². The van der Waals surface area contributed by atoms with Crippen molar-refractivity contribution in [3.05, 3.63) is 41.1 Å². The summed E-state index contributed by atoms with van der Waals surface area (Å²) in [5, 5.41) is 12.6. The molecule has 1 aromatic carbocycles. The number of carboxylic acids is 1. The Morgan fingerprint density at radius 1 is 1.27 bits per heavy atom. The number of hydrogen-bond acceptors (Lipinski definition) is 6. The van der Waals surface area contributed by atoms with Gasteiger partial charge in [-0.2, -0.15) is 13.2 Å². The maximum Gasteiger partial charge on any atom is 0.416 e. The van der Waals surface area contributed by atoms with Gasteiger partial charge in [0.15, 0.2) is 0 Å². The molecule has 4 N–H and O–H groups in total. The lowest BCUT2D eigenvalue weighted by molar-refractivity contribution is -0.127. The quantitative estimate of drug-likeness (QED) is 0.604. The third kappa shape index (κ3) is 5.09. The second-order valence-electron chi connectivity index (χ2n) is 7.08. The van der Waals surface area contributed by atoms with Gasteiger partial charge in [-0.3, -0.25) is 9.80 Å². The van der Waals surface area contributed by atoms with E-state index in [1.165, 1.54) is 24.3 Å². The molecule has 0 atom stereocenters. The summed E-state index contributed by atoms with van der Waals surface area (Å²) in [4.78, 5) is 28.4. The van der Waals surface area contributed by atoms with Gasteiger partial charge < -0.3 is 15.3 Å². The highest BCUT2D eigenvalue weighted by molar-refractivity contribution is 5.95. The average Bonchev–Trinajstić information content (AvgIpc) is 3.08. The number of allylic oxidation sites excluding steroid dienone is 1. The Balaban J connectivity index is 1.76. The highest BCUT2D eigenvalue weighted by atomic mass is 19.4. The number of hydrazine groups is 1. The molecule has 2 aliphatic heterocycles.